The van der Waals surface area contributed by atoms with Crippen molar-refractivity contribution in [1.82, 2.24) is 14.1 Å². The highest BCUT2D eigenvalue weighted by atomic mass is 32.2. The summed E-state index contributed by atoms with van der Waals surface area (Å²) in [5.41, 5.74) is 0.639. The van der Waals surface area contributed by atoms with Gasteiger partial charge in [0.15, 0.2) is 15.5 Å². The van der Waals surface area contributed by atoms with Crippen molar-refractivity contribution < 1.29 is 18.3 Å². The highest BCUT2D eigenvalue weighted by Crippen LogP contribution is 2.35. The molecule has 1 saturated carbocycles. The van der Waals surface area contributed by atoms with Gasteiger partial charge in [-0.2, -0.15) is 0 Å². The second-order valence-corrected chi connectivity index (χ2v) is 11.1. The zero-order valence-electron chi connectivity index (χ0n) is 17.8. The van der Waals surface area contributed by atoms with Crippen LogP contribution >= 0.6 is 0 Å². The topological polar surface area (TPSA) is 111 Å². The monoisotopic (exact) mass is 437 g/mol. The second-order valence-electron chi connectivity index (χ2n) is 9.00. The molecule has 9 heteroatoms. The molecule has 2 aromatic rings. The zero-order chi connectivity index (χ0) is 22.1. The largest absolute Gasteiger partial charge is 0.480 e. The molecule has 3 rings (SSSR count). The number of carbonyl (C=O) groups is 1. The summed E-state index contributed by atoms with van der Waals surface area (Å²) in [5.74, 6) is -0.278. The Labute approximate surface area is 176 Å². The van der Waals surface area contributed by atoms with Gasteiger partial charge in [-0.1, -0.05) is 20.8 Å². The molecule has 8 nitrogen and oxygen atoms in total. The van der Waals surface area contributed by atoms with E-state index in [0.29, 0.717) is 24.0 Å². The van der Waals surface area contributed by atoms with E-state index in [4.69, 9.17) is 0 Å². The van der Waals surface area contributed by atoms with E-state index in [9.17, 15) is 23.1 Å². The predicted molar refractivity (Wildman–Crippen MR) is 115 cm³/mol. The summed E-state index contributed by atoms with van der Waals surface area (Å²) < 4.78 is 27.9. The van der Waals surface area contributed by atoms with Gasteiger partial charge in [-0.05, 0) is 55.6 Å². The molecule has 1 aliphatic rings. The van der Waals surface area contributed by atoms with E-state index < -0.39 is 22.4 Å². The molecule has 0 aliphatic heterocycles. The molecule has 0 aromatic carbocycles. The fraction of sp³-hybridized carbons (Fsp3) is 0.667. The molecule has 1 N–H and O–H groups in total. The van der Waals surface area contributed by atoms with Crippen molar-refractivity contribution in [2.45, 2.75) is 59.0 Å². The number of pyridine rings is 1. The van der Waals surface area contributed by atoms with Crippen molar-refractivity contribution in [3.05, 3.63) is 28.8 Å². The second kappa shape index (κ2) is 8.91. The molecule has 2 aromatic heterocycles. The molecule has 30 heavy (non-hydrogen) atoms. The lowest BCUT2D eigenvalue weighted by Gasteiger charge is -2.21. The molecular weight excluding hydrogens is 406 g/mol. The number of imidazole rings is 1. The van der Waals surface area contributed by atoms with E-state index in [0.717, 1.165) is 12.8 Å². The number of carboxylic acids is 1. The number of sulfone groups is 1. The number of fused-ring (bicyclic) bond motifs is 1. The molecule has 166 valence electrons. The van der Waals surface area contributed by atoms with Gasteiger partial charge in [0.1, 0.15) is 6.54 Å². The standard InChI is InChI=1S/C21H31N3O5S/c1-14(2)12-30(28,29)13-16-7-9-17(8-6-15(16)3)24-20-18(5-4-10-22-20)23(21(24)27)11-19(25)26/h4-5,10,14-17H,6-9,11-13H2,1-3H3,(H,25,26). The SMILES string of the molecule is CC(C)CS(=O)(=O)CC1CCC(n2c(=O)n(CC(=O)O)c3cccnc32)CCC1C. The first-order valence-electron chi connectivity index (χ1n) is 10.6. The zero-order valence-corrected chi connectivity index (χ0v) is 18.6. The third kappa shape index (κ3) is 4.94. The van der Waals surface area contributed by atoms with Crippen molar-refractivity contribution in [2.75, 3.05) is 11.5 Å². The Morgan fingerprint density at radius 2 is 1.97 bits per heavy atom. The van der Waals surface area contributed by atoms with Gasteiger partial charge in [0, 0.05) is 12.2 Å². The Morgan fingerprint density at radius 3 is 2.63 bits per heavy atom. The lowest BCUT2D eigenvalue weighted by molar-refractivity contribution is -0.137. The fourth-order valence-electron chi connectivity index (χ4n) is 4.66. The number of rotatable bonds is 7. The molecule has 2 heterocycles. The van der Waals surface area contributed by atoms with Crippen LogP contribution in [0.2, 0.25) is 0 Å². The van der Waals surface area contributed by atoms with Gasteiger partial charge in [0.2, 0.25) is 0 Å². The van der Waals surface area contributed by atoms with E-state index in [1.807, 2.05) is 13.8 Å². The Morgan fingerprint density at radius 1 is 1.27 bits per heavy atom. The summed E-state index contributed by atoms with van der Waals surface area (Å²) in [7, 11) is -3.11. The maximum atomic E-state index is 13.1. The summed E-state index contributed by atoms with van der Waals surface area (Å²) in [6.07, 6.45) is 4.55. The van der Waals surface area contributed by atoms with E-state index in [1.54, 1.807) is 22.9 Å². The molecule has 0 spiro atoms. The number of nitrogens with zero attached hydrogens (tertiary/aromatic N) is 3. The Balaban J connectivity index is 1.88. The minimum Gasteiger partial charge on any atom is -0.480 e. The van der Waals surface area contributed by atoms with E-state index in [-0.39, 0.29) is 41.0 Å². The van der Waals surface area contributed by atoms with Crippen molar-refractivity contribution in [2.24, 2.45) is 17.8 Å². The van der Waals surface area contributed by atoms with Crippen LogP contribution in [-0.4, -0.2) is 45.1 Å². The van der Waals surface area contributed by atoms with Crippen LogP contribution in [0, 0.1) is 17.8 Å². The first-order chi connectivity index (χ1) is 14.1. The van der Waals surface area contributed by atoms with Crippen LogP contribution in [0.3, 0.4) is 0 Å². The van der Waals surface area contributed by atoms with Crippen LogP contribution in [0.5, 0.6) is 0 Å². The number of hydrogen-bond acceptors (Lipinski definition) is 5. The Bertz CT molecular complexity index is 1070. The van der Waals surface area contributed by atoms with Gasteiger partial charge < -0.3 is 5.11 Å². The van der Waals surface area contributed by atoms with Gasteiger partial charge in [0.05, 0.1) is 17.0 Å². The van der Waals surface area contributed by atoms with Crippen LogP contribution in [-0.2, 0) is 21.2 Å². The smallest absolute Gasteiger partial charge is 0.331 e. The van der Waals surface area contributed by atoms with Crippen molar-refractivity contribution >= 4 is 27.0 Å². The average Bonchev–Trinajstić information content (AvgIpc) is 2.78. The van der Waals surface area contributed by atoms with Crippen molar-refractivity contribution in [3.63, 3.8) is 0 Å². The summed E-state index contributed by atoms with van der Waals surface area (Å²) in [5, 5.41) is 9.21. The van der Waals surface area contributed by atoms with E-state index >= 15 is 0 Å². The maximum absolute atomic E-state index is 13.1. The molecule has 0 saturated heterocycles. The van der Waals surface area contributed by atoms with Crippen LogP contribution in [0.4, 0.5) is 0 Å². The summed E-state index contributed by atoms with van der Waals surface area (Å²) >= 11 is 0. The van der Waals surface area contributed by atoms with E-state index in [1.165, 1.54) is 4.57 Å². The highest BCUT2D eigenvalue weighted by Gasteiger charge is 2.31. The van der Waals surface area contributed by atoms with Crippen LogP contribution in [0.15, 0.2) is 23.1 Å². The Kier molecular flexibility index (Phi) is 6.69. The molecule has 0 radical (unpaired) electrons. The van der Waals surface area contributed by atoms with Crippen LogP contribution in [0.25, 0.3) is 11.2 Å². The minimum atomic E-state index is -3.11. The highest BCUT2D eigenvalue weighted by molar-refractivity contribution is 7.91. The number of aromatic nitrogens is 3. The quantitative estimate of drug-likeness (QED) is 0.667. The summed E-state index contributed by atoms with van der Waals surface area (Å²) in [6.45, 7) is 5.51. The van der Waals surface area contributed by atoms with Gasteiger partial charge in [0.25, 0.3) is 0 Å². The average molecular weight is 438 g/mol. The third-order valence-corrected chi connectivity index (χ3v) is 8.18. The molecule has 1 aliphatic carbocycles. The molecule has 3 unspecified atom stereocenters. The van der Waals surface area contributed by atoms with Crippen molar-refractivity contribution in [3.8, 4) is 0 Å². The van der Waals surface area contributed by atoms with Crippen LogP contribution < -0.4 is 5.69 Å². The van der Waals surface area contributed by atoms with Gasteiger partial charge in [-0.3, -0.25) is 13.9 Å². The van der Waals surface area contributed by atoms with Crippen LogP contribution in [0.1, 0.15) is 52.5 Å². The predicted octanol–water partition coefficient (Wildman–Crippen LogP) is 2.72. The number of carboxylic acid groups (broad SMARTS) is 1. The van der Waals surface area contributed by atoms with E-state index in [2.05, 4.69) is 11.9 Å². The molecular formula is C21H31N3O5S. The first kappa shape index (κ1) is 22.5. The minimum absolute atomic E-state index is 0.0646. The lowest BCUT2D eigenvalue weighted by Crippen LogP contribution is -2.29. The van der Waals surface area contributed by atoms with Gasteiger partial charge in [-0.25, -0.2) is 18.2 Å². The molecule has 0 amide bonds. The fourth-order valence-corrected chi connectivity index (χ4v) is 6.96. The number of hydrogen-bond donors (Lipinski definition) is 1. The molecule has 0 bridgehead atoms. The summed E-state index contributed by atoms with van der Waals surface area (Å²) in [4.78, 5) is 28.7. The Hall–Kier alpha value is -2.16. The number of aliphatic carboxylic acids is 1. The third-order valence-electron chi connectivity index (χ3n) is 6.07. The molecule has 3 atom stereocenters. The molecule has 1 fully saturated rings. The normalized spacial score (nSPS) is 23.0. The first-order valence-corrected chi connectivity index (χ1v) is 12.4. The van der Waals surface area contributed by atoms with Crippen molar-refractivity contribution in [1.29, 1.82) is 0 Å². The van der Waals surface area contributed by atoms with Gasteiger partial charge >= 0.3 is 11.7 Å². The van der Waals surface area contributed by atoms with Gasteiger partial charge in [-0.15, -0.1) is 0 Å². The lowest BCUT2D eigenvalue weighted by atomic mass is 9.91. The maximum Gasteiger partial charge on any atom is 0.331 e. The summed E-state index contributed by atoms with van der Waals surface area (Å²) in [6, 6.07) is 3.28.